The third-order valence-electron chi connectivity index (χ3n) is 1.92. The fraction of sp³-hybridized carbons (Fsp3) is 0.714. The van der Waals surface area contributed by atoms with E-state index in [0.29, 0.717) is 0 Å². The van der Waals surface area contributed by atoms with E-state index < -0.39 is 18.1 Å². The van der Waals surface area contributed by atoms with E-state index in [1.165, 1.54) is 13.8 Å². The van der Waals surface area contributed by atoms with E-state index in [-0.39, 0.29) is 11.7 Å². The molecule has 3 atom stereocenters. The van der Waals surface area contributed by atoms with Crippen molar-refractivity contribution in [3.8, 4) is 0 Å². The first-order valence-electron chi connectivity index (χ1n) is 3.53. The van der Waals surface area contributed by atoms with E-state index >= 15 is 0 Å². The fourth-order valence-electron chi connectivity index (χ4n) is 1.25. The summed E-state index contributed by atoms with van der Waals surface area (Å²) in [6, 6.07) is -0.470. The van der Waals surface area contributed by atoms with Crippen molar-refractivity contribution in [3.63, 3.8) is 0 Å². The fourth-order valence-corrected chi connectivity index (χ4v) is 1.25. The van der Waals surface area contributed by atoms with Crippen LogP contribution in [-0.4, -0.2) is 28.9 Å². The zero-order valence-corrected chi connectivity index (χ0v) is 6.50. The number of ketones is 1. The molecule has 1 aliphatic rings. The van der Waals surface area contributed by atoms with Gasteiger partial charge in [-0.05, 0) is 13.8 Å². The quantitative estimate of drug-likeness (QED) is 0.509. The average molecular weight is 157 g/mol. The van der Waals surface area contributed by atoms with Gasteiger partial charge in [-0.15, -0.1) is 0 Å². The molecule has 0 bridgehead atoms. The molecule has 4 heteroatoms. The zero-order valence-electron chi connectivity index (χ0n) is 6.50. The largest absolute Gasteiger partial charge is 0.392 e. The molecule has 0 radical (unpaired) electrons. The van der Waals surface area contributed by atoms with Gasteiger partial charge in [-0.1, -0.05) is 0 Å². The average Bonchev–Trinajstić information content (AvgIpc) is 1.80. The zero-order chi connectivity index (χ0) is 8.59. The Morgan fingerprint density at radius 1 is 1.73 bits per heavy atom. The maximum Gasteiger partial charge on any atom is 0.228 e. The molecule has 1 heterocycles. The number of nitrogens with one attached hydrogen (secondary N) is 1. The lowest BCUT2D eigenvalue weighted by atomic mass is 9.84. The third kappa shape index (κ3) is 1.26. The van der Waals surface area contributed by atoms with Crippen molar-refractivity contribution >= 4 is 11.7 Å². The number of carbonyl (C=O) groups is 2. The first-order chi connectivity index (χ1) is 5.04. The highest BCUT2D eigenvalue weighted by molar-refractivity contribution is 5.99. The van der Waals surface area contributed by atoms with Crippen LogP contribution in [0.15, 0.2) is 0 Å². The molecular weight excluding hydrogens is 146 g/mol. The van der Waals surface area contributed by atoms with Crippen LogP contribution >= 0.6 is 0 Å². The van der Waals surface area contributed by atoms with Crippen LogP contribution in [0.3, 0.4) is 0 Å². The van der Waals surface area contributed by atoms with Crippen LogP contribution in [0.4, 0.5) is 0 Å². The summed E-state index contributed by atoms with van der Waals surface area (Å²) in [7, 11) is 0. The number of amides is 1. The Morgan fingerprint density at radius 2 is 2.27 bits per heavy atom. The molecule has 1 fully saturated rings. The van der Waals surface area contributed by atoms with E-state index in [9.17, 15) is 9.59 Å². The molecule has 62 valence electrons. The summed E-state index contributed by atoms with van der Waals surface area (Å²) in [5, 5.41) is 11.5. The SMILES string of the molecule is CC(=O)C1NC(=O)C1C(C)O. The summed E-state index contributed by atoms with van der Waals surface area (Å²) >= 11 is 0. The van der Waals surface area contributed by atoms with E-state index in [4.69, 9.17) is 5.11 Å². The van der Waals surface area contributed by atoms with Gasteiger partial charge in [0.1, 0.15) is 6.04 Å². The van der Waals surface area contributed by atoms with Gasteiger partial charge in [0.2, 0.25) is 5.91 Å². The van der Waals surface area contributed by atoms with Crippen molar-refractivity contribution in [2.45, 2.75) is 26.0 Å². The summed E-state index contributed by atoms with van der Waals surface area (Å²) in [5.41, 5.74) is 0. The number of hydrogen-bond donors (Lipinski definition) is 2. The Bertz CT molecular complexity index is 200. The summed E-state index contributed by atoms with van der Waals surface area (Å²) in [6.45, 7) is 2.92. The number of hydrogen-bond acceptors (Lipinski definition) is 3. The predicted octanol–water partition coefficient (Wildman–Crippen LogP) is -0.929. The van der Waals surface area contributed by atoms with Crippen LogP contribution in [0.25, 0.3) is 0 Å². The molecule has 0 saturated carbocycles. The minimum atomic E-state index is -0.738. The molecule has 11 heavy (non-hydrogen) atoms. The van der Waals surface area contributed by atoms with Crippen LogP contribution in [0.1, 0.15) is 13.8 Å². The highest BCUT2D eigenvalue weighted by Gasteiger charge is 2.44. The van der Waals surface area contributed by atoms with Gasteiger partial charge >= 0.3 is 0 Å². The molecule has 1 rings (SSSR count). The van der Waals surface area contributed by atoms with Crippen molar-refractivity contribution < 1.29 is 14.7 Å². The minimum Gasteiger partial charge on any atom is -0.392 e. The molecule has 1 saturated heterocycles. The van der Waals surface area contributed by atoms with Crippen molar-refractivity contribution in [2.24, 2.45) is 5.92 Å². The number of rotatable bonds is 2. The van der Waals surface area contributed by atoms with Gasteiger partial charge in [-0.2, -0.15) is 0 Å². The molecule has 2 N–H and O–H groups in total. The standard InChI is InChI=1S/C7H11NO3/c1-3(9)5-6(4(2)10)8-7(5)11/h3,5-6,9H,1-2H3,(H,8,11). The lowest BCUT2D eigenvalue weighted by Gasteiger charge is -2.36. The second-order valence-corrected chi connectivity index (χ2v) is 2.86. The van der Waals surface area contributed by atoms with Crippen molar-refractivity contribution in [1.29, 1.82) is 0 Å². The van der Waals surface area contributed by atoms with Gasteiger partial charge in [-0.25, -0.2) is 0 Å². The molecule has 1 aliphatic heterocycles. The molecule has 0 aromatic carbocycles. The number of β-lactam (4-membered cyclic amide) rings is 1. The minimum absolute atomic E-state index is 0.101. The van der Waals surface area contributed by atoms with E-state index in [0.717, 1.165) is 0 Å². The van der Waals surface area contributed by atoms with E-state index in [1.807, 2.05) is 0 Å². The number of carbonyl (C=O) groups excluding carboxylic acids is 2. The lowest BCUT2D eigenvalue weighted by Crippen LogP contribution is -2.64. The first-order valence-corrected chi connectivity index (χ1v) is 3.53. The van der Waals surface area contributed by atoms with Crippen molar-refractivity contribution in [3.05, 3.63) is 0 Å². The Kier molecular flexibility index (Phi) is 1.95. The number of Topliss-reactive ketones (excluding diaryl/α,β-unsaturated/α-hetero) is 1. The van der Waals surface area contributed by atoms with Crippen LogP contribution in [0, 0.1) is 5.92 Å². The van der Waals surface area contributed by atoms with Crippen LogP contribution < -0.4 is 5.32 Å². The van der Waals surface area contributed by atoms with Crippen molar-refractivity contribution in [1.82, 2.24) is 5.32 Å². The van der Waals surface area contributed by atoms with Crippen LogP contribution in [0.5, 0.6) is 0 Å². The summed E-state index contributed by atoms with van der Waals surface area (Å²) in [5.74, 6) is -0.872. The Balaban J connectivity index is 2.62. The Labute approximate surface area is 64.6 Å². The monoisotopic (exact) mass is 157 g/mol. The van der Waals surface area contributed by atoms with Crippen molar-refractivity contribution in [2.75, 3.05) is 0 Å². The van der Waals surface area contributed by atoms with E-state index in [2.05, 4.69) is 5.32 Å². The maximum absolute atomic E-state index is 10.8. The highest BCUT2D eigenvalue weighted by atomic mass is 16.3. The smallest absolute Gasteiger partial charge is 0.228 e. The summed E-state index contributed by atoms with van der Waals surface area (Å²) in [6.07, 6.45) is -0.738. The molecule has 0 aliphatic carbocycles. The molecule has 3 unspecified atom stereocenters. The third-order valence-corrected chi connectivity index (χ3v) is 1.92. The lowest BCUT2D eigenvalue weighted by molar-refractivity contribution is -0.146. The van der Waals surface area contributed by atoms with E-state index in [1.54, 1.807) is 0 Å². The summed E-state index contributed by atoms with van der Waals surface area (Å²) < 4.78 is 0. The van der Waals surface area contributed by atoms with Gasteiger partial charge in [0.05, 0.1) is 12.0 Å². The second kappa shape index (κ2) is 2.62. The molecule has 1 amide bonds. The maximum atomic E-state index is 10.8. The number of aliphatic hydroxyl groups is 1. The summed E-state index contributed by atoms with van der Waals surface area (Å²) in [4.78, 5) is 21.5. The van der Waals surface area contributed by atoms with Gasteiger partial charge in [-0.3, -0.25) is 9.59 Å². The molecule has 4 nitrogen and oxygen atoms in total. The molecule has 0 spiro atoms. The second-order valence-electron chi connectivity index (χ2n) is 2.86. The normalized spacial score (nSPS) is 32.1. The van der Waals surface area contributed by atoms with Gasteiger partial charge in [0, 0.05) is 0 Å². The molecule has 0 aromatic heterocycles. The van der Waals surface area contributed by atoms with Gasteiger partial charge < -0.3 is 10.4 Å². The van der Waals surface area contributed by atoms with Crippen LogP contribution in [-0.2, 0) is 9.59 Å². The Hall–Kier alpha value is -0.900. The van der Waals surface area contributed by atoms with Gasteiger partial charge in [0.25, 0.3) is 0 Å². The van der Waals surface area contributed by atoms with Crippen LogP contribution in [0.2, 0.25) is 0 Å². The predicted molar refractivity (Wildman–Crippen MR) is 37.8 cm³/mol. The van der Waals surface area contributed by atoms with Gasteiger partial charge in [0.15, 0.2) is 5.78 Å². The molecular formula is C7H11NO3. The topological polar surface area (TPSA) is 66.4 Å². The molecule has 0 aromatic rings. The first kappa shape index (κ1) is 8.20. The highest BCUT2D eigenvalue weighted by Crippen LogP contribution is 2.19. The Morgan fingerprint density at radius 3 is 2.45 bits per heavy atom. The number of aliphatic hydroxyl groups excluding tert-OH is 1.